The van der Waals surface area contributed by atoms with Crippen LogP contribution in [0.3, 0.4) is 0 Å². The van der Waals surface area contributed by atoms with Crippen molar-refractivity contribution >= 4 is 32.6 Å². The number of halogens is 1. The van der Waals surface area contributed by atoms with E-state index in [2.05, 4.69) is 0 Å². The van der Waals surface area contributed by atoms with Crippen molar-refractivity contribution in [1.29, 1.82) is 0 Å². The van der Waals surface area contributed by atoms with Crippen LogP contribution in [0.2, 0.25) is 0 Å². The van der Waals surface area contributed by atoms with Crippen LogP contribution in [0.4, 0.5) is 0 Å². The average Bonchev–Trinajstić information content (AvgIpc) is 2.80. The zero-order valence-electron chi connectivity index (χ0n) is 18.2. The molecule has 3 aromatic rings. The van der Waals surface area contributed by atoms with E-state index in [4.69, 9.17) is 6.13 Å². The van der Waals surface area contributed by atoms with E-state index >= 15 is 0 Å². The number of rotatable bonds is 7. The van der Waals surface area contributed by atoms with Crippen LogP contribution < -0.4 is 0 Å². The SMILES string of the molecule is CC(C)(C(=O)OI(OC(=O)C(C)(C)c1ccccc1)c1ccccc1)c1ccccc1. The van der Waals surface area contributed by atoms with E-state index < -0.39 is 43.4 Å². The molecule has 0 saturated heterocycles. The van der Waals surface area contributed by atoms with Gasteiger partial charge in [0.15, 0.2) is 0 Å². The Morgan fingerprint density at radius 3 is 1.26 bits per heavy atom. The molecule has 5 heteroatoms. The molecule has 0 fully saturated rings. The van der Waals surface area contributed by atoms with Gasteiger partial charge < -0.3 is 0 Å². The third-order valence-electron chi connectivity index (χ3n) is 5.20. The van der Waals surface area contributed by atoms with Gasteiger partial charge in [-0.15, -0.1) is 0 Å². The summed E-state index contributed by atoms with van der Waals surface area (Å²) in [5.74, 6) is -0.809. The van der Waals surface area contributed by atoms with Crippen LogP contribution in [0.5, 0.6) is 0 Å². The first kappa shape index (κ1) is 23.0. The third-order valence-corrected chi connectivity index (χ3v) is 8.54. The number of carbonyl (C=O) groups excluding carboxylic acids is 2. The Morgan fingerprint density at radius 2 is 0.903 bits per heavy atom. The van der Waals surface area contributed by atoms with Crippen molar-refractivity contribution in [3.05, 3.63) is 106 Å². The zero-order valence-corrected chi connectivity index (χ0v) is 20.3. The molecular formula is C26H27IO4. The zero-order chi connectivity index (χ0) is 22.5. The Hall–Kier alpha value is -2.67. The van der Waals surface area contributed by atoms with Crippen molar-refractivity contribution < 1.29 is 15.7 Å². The van der Waals surface area contributed by atoms with Gasteiger partial charge in [0.1, 0.15) is 0 Å². The summed E-state index contributed by atoms with van der Waals surface area (Å²) >= 11 is -3.07. The van der Waals surface area contributed by atoms with Gasteiger partial charge in [-0.05, 0) is 0 Å². The van der Waals surface area contributed by atoms with Crippen LogP contribution in [0.1, 0.15) is 38.8 Å². The Labute approximate surface area is 192 Å². The minimum absolute atomic E-state index is 0.405. The first-order valence-electron chi connectivity index (χ1n) is 10.0. The van der Waals surface area contributed by atoms with E-state index in [1.807, 2.05) is 119 Å². The molecule has 0 unspecified atom stereocenters. The van der Waals surface area contributed by atoms with Crippen LogP contribution in [0.15, 0.2) is 91.0 Å². The van der Waals surface area contributed by atoms with Gasteiger partial charge in [0.25, 0.3) is 0 Å². The Kier molecular flexibility index (Phi) is 7.15. The summed E-state index contributed by atoms with van der Waals surface area (Å²) in [5.41, 5.74) is -0.0417. The quantitative estimate of drug-likeness (QED) is 0.340. The molecule has 0 bridgehead atoms. The van der Waals surface area contributed by atoms with Crippen LogP contribution in [-0.2, 0) is 26.6 Å². The number of benzene rings is 3. The summed E-state index contributed by atoms with van der Waals surface area (Å²) in [7, 11) is 0. The number of carbonyl (C=O) groups is 2. The molecule has 3 rings (SSSR count). The summed E-state index contributed by atoms with van der Waals surface area (Å²) in [4.78, 5) is 26.4. The van der Waals surface area contributed by atoms with Gasteiger partial charge in [0.05, 0.1) is 0 Å². The molecule has 0 amide bonds. The molecule has 0 spiro atoms. The predicted molar refractivity (Wildman–Crippen MR) is 130 cm³/mol. The molecule has 31 heavy (non-hydrogen) atoms. The maximum atomic E-state index is 13.2. The molecule has 0 aliphatic heterocycles. The second kappa shape index (κ2) is 9.64. The third kappa shape index (κ3) is 5.34. The van der Waals surface area contributed by atoms with Crippen molar-refractivity contribution in [2.75, 3.05) is 0 Å². The van der Waals surface area contributed by atoms with E-state index in [1.165, 1.54) is 0 Å². The summed E-state index contributed by atoms with van der Waals surface area (Å²) in [6.07, 6.45) is 0. The van der Waals surface area contributed by atoms with Crippen LogP contribution in [0.25, 0.3) is 0 Å². The van der Waals surface area contributed by atoms with E-state index in [0.717, 1.165) is 14.7 Å². The molecule has 0 atom stereocenters. The first-order valence-corrected chi connectivity index (χ1v) is 12.9. The molecular weight excluding hydrogens is 503 g/mol. The fourth-order valence-electron chi connectivity index (χ4n) is 2.89. The van der Waals surface area contributed by atoms with Crippen molar-refractivity contribution in [3.8, 4) is 0 Å². The van der Waals surface area contributed by atoms with Crippen LogP contribution >= 0.6 is 20.6 Å². The van der Waals surface area contributed by atoms with Gasteiger partial charge in [-0.2, -0.15) is 0 Å². The predicted octanol–water partition coefficient (Wildman–Crippen LogP) is 6.23. The van der Waals surface area contributed by atoms with Gasteiger partial charge in [-0.3, -0.25) is 0 Å². The molecule has 3 aromatic carbocycles. The molecule has 0 aromatic heterocycles. The minimum atomic E-state index is -3.07. The average molecular weight is 530 g/mol. The summed E-state index contributed by atoms with van der Waals surface area (Å²) in [6, 6.07) is 28.2. The second-order valence-corrected chi connectivity index (χ2v) is 11.6. The van der Waals surface area contributed by atoms with E-state index in [9.17, 15) is 9.59 Å². The van der Waals surface area contributed by atoms with Crippen molar-refractivity contribution in [2.45, 2.75) is 38.5 Å². The maximum absolute atomic E-state index is 13.2. The van der Waals surface area contributed by atoms with Crippen molar-refractivity contribution in [1.82, 2.24) is 0 Å². The molecule has 0 heterocycles. The van der Waals surface area contributed by atoms with Crippen molar-refractivity contribution in [2.24, 2.45) is 0 Å². The summed E-state index contributed by atoms with van der Waals surface area (Å²) in [6.45, 7) is 7.28. The molecule has 0 saturated carbocycles. The normalized spacial score (nSPS) is 12.1. The fourth-order valence-corrected chi connectivity index (χ4v) is 6.32. The first-order chi connectivity index (χ1) is 14.7. The van der Waals surface area contributed by atoms with Crippen molar-refractivity contribution in [3.63, 3.8) is 0 Å². The molecule has 0 aliphatic rings. The van der Waals surface area contributed by atoms with Gasteiger partial charge in [-0.25, -0.2) is 0 Å². The van der Waals surface area contributed by atoms with Gasteiger partial charge >= 0.3 is 193 Å². The van der Waals surface area contributed by atoms with Crippen LogP contribution in [0, 0.1) is 3.57 Å². The van der Waals surface area contributed by atoms with E-state index in [-0.39, 0.29) is 0 Å². The van der Waals surface area contributed by atoms with Gasteiger partial charge in [0, 0.05) is 0 Å². The second-order valence-electron chi connectivity index (χ2n) is 8.22. The molecule has 4 nitrogen and oxygen atoms in total. The molecule has 0 N–H and O–H groups in total. The standard InChI is InChI=1S/C26H27IO4/c1-25(2,20-14-8-5-9-15-20)23(28)30-27(22-18-12-7-13-19-22)31-24(29)26(3,4)21-16-10-6-11-17-21/h5-19H,1-4H3. The Balaban J connectivity index is 1.86. The number of hydrogen-bond donors (Lipinski definition) is 0. The summed E-state index contributed by atoms with van der Waals surface area (Å²) < 4.78 is 12.6. The topological polar surface area (TPSA) is 52.6 Å². The van der Waals surface area contributed by atoms with Gasteiger partial charge in [-0.1, -0.05) is 0 Å². The van der Waals surface area contributed by atoms with Crippen LogP contribution in [-0.4, -0.2) is 11.9 Å². The van der Waals surface area contributed by atoms with E-state index in [0.29, 0.717) is 0 Å². The number of hydrogen-bond acceptors (Lipinski definition) is 4. The molecule has 0 aliphatic carbocycles. The fraction of sp³-hybridized carbons (Fsp3) is 0.231. The molecule has 162 valence electrons. The monoisotopic (exact) mass is 530 g/mol. The van der Waals surface area contributed by atoms with E-state index in [1.54, 1.807) is 0 Å². The Morgan fingerprint density at radius 1 is 0.581 bits per heavy atom. The van der Waals surface area contributed by atoms with Gasteiger partial charge in [0.2, 0.25) is 0 Å². The summed E-state index contributed by atoms with van der Waals surface area (Å²) in [5, 5.41) is 0. The molecule has 0 radical (unpaired) electrons. The Bertz CT molecular complexity index is 950.